The summed E-state index contributed by atoms with van der Waals surface area (Å²) in [6.07, 6.45) is 0. The number of nitrogens with one attached hydrogen (secondary N) is 1. The Kier molecular flexibility index (Phi) is 4.29. The number of carbonyl (C=O) groups is 1. The van der Waals surface area contributed by atoms with Crippen LogP contribution < -0.4 is 11.1 Å². The van der Waals surface area contributed by atoms with Gasteiger partial charge in [-0.15, -0.1) is 11.3 Å². The molecule has 0 saturated heterocycles. The number of nitrogens with zero attached hydrogens (tertiary/aromatic N) is 1. The molecular weight excluding hydrogens is 270 g/mol. The van der Waals surface area contributed by atoms with Crippen molar-refractivity contribution < 1.29 is 4.79 Å². The Morgan fingerprint density at radius 1 is 1.35 bits per heavy atom. The van der Waals surface area contributed by atoms with Gasteiger partial charge < -0.3 is 16.0 Å². The summed E-state index contributed by atoms with van der Waals surface area (Å²) in [5, 5.41) is 5.38. The van der Waals surface area contributed by atoms with E-state index in [2.05, 4.69) is 23.7 Å². The zero-order chi connectivity index (χ0) is 14.7. The molecule has 3 N–H and O–H groups in total. The number of carbonyl (C=O) groups excluding carboxylic acids is 1. The Hall–Kier alpha value is -2.01. The van der Waals surface area contributed by atoms with Crippen LogP contribution in [0, 0.1) is 6.92 Å². The summed E-state index contributed by atoms with van der Waals surface area (Å²) >= 11 is 1.70. The zero-order valence-electron chi connectivity index (χ0n) is 11.9. The third-order valence-corrected chi connectivity index (χ3v) is 4.11. The number of rotatable bonds is 4. The summed E-state index contributed by atoms with van der Waals surface area (Å²) in [7, 11) is 3.48. The first-order valence-corrected chi connectivity index (χ1v) is 7.25. The van der Waals surface area contributed by atoms with Gasteiger partial charge in [0.2, 0.25) is 0 Å². The van der Waals surface area contributed by atoms with E-state index in [1.807, 2.05) is 0 Å². The maximum Gasteiger partial charge on any atom is 0.255 e. The number of anilines is 2. The monoisotopic (exact) mass is 289 g/mol. The number of hydrogen-bond acceptors (Lipinski definition) is 4. The lowest BCUT2D eigenvalue weighted by molar-refractivity contribution is 0.0828. The first-order valence-electron chi connectivity index (χ1n) is 6.37. The second kappa shape index (κ2) is 5.96. The Labute approximate surface area is 123 Å². The van der Waals surface area contributed by atoms with E-state index in [0.717, 1.165) is 5.69 Å². The van der Waals surface area contributed by atoms with E-state index in [1.165, 1.54) is 10.4 Å². The van der Waals surface area contributed by atoms with Crippen molar-refractivity contribution in [3.8, 4) is 0 Å². The molecule has 5 heteroatoms. The summed E-state index contributed by atoms with van der Waals surface area (Å²) in [5.74, 6) is -0.0320. The number of nitrogen functional groups attached to an aromatic ring is 1. The highest BCUT2D eigenvalue weighted by atomic mass is 32.1. The number of hydrogen-bond donors (Lipinski definition) is 2. The van der Waals surface area contributed by atoms with Crippen LogP contribution in [-0.2, 0) is 6.54 Å². The van der Waals surface area contributed by atoms with Gasteiger partial charge in [-0.05, 0) is 42.1 Å². The van der Waals surface area contributed by atoms with Crippen LogP contribution in [0.4, 0.5) is 11.4 Å². The van der Waals surface area contributed by atoms with Crippen molar-refractivity contribution in [2.24, 2.45) is 0 Å². The SMILES string of the molecule is Cc1ccsc1CNc1cc(N)ccc1C(=O)N(C)C. The molecule has 0 fully saturated rings. The molecule has 0 aliphatic heterocycles. The van der Waals surface area contributed by atoms with Crippen LogP contribution in [0.25, 0.3) is 0 Å². The predicted octanol–water partition coefficient (Wildman–Crippen LogP) is 2.95. The van der Waals surface area contributed by atoms with Crippen LogP contribution in [0.15, 0.2) is 29.6 Å². The number of thiophene rings is 1. The van der Waals surface area contributed by atoms with Gasteiger partial charge in [-0.1, -0.05) is 0 Å². The molecule has 106 valence electrons. The smallest absolute Gasteiger partial charge is 0.255 e. The van der Waals surface area contributed by atoms with Crippen LogP contribution >= 0.6 is 11.3 Å². The van der Waals surface area contributed by atoms with Crippen molar-refractivity contribution in [1.29, 1.82) is 0 Å². The second-order valence-electron chi connectivity index (χ2n) is 4.88. The molecule has 1 heterocycles. The van der Waals surface area contributed by atoms with Crippen molar-refractivity contribution in [1.82, 2.24) is 4.90 Å². The van der Waals surface area contributed by atoms with E-state index in [0.29, 0.717) is 17.8 Å². The van der Waals surface area contributed by atoms with E-state index in [-0.39, 0.29) is 5.91 Å². The molecule has 0 bridgehead atoms. The standard InChI is InChI=1S/C15H19N3OS/c1-10-6-7-20-14(10)9-17-13-8-11(16)4-5-12(13)15(19)18(2)3/h4-8,17H,9,16H2,1-3H3. The highest BCUT2D eigenvalue weighted by Gasteiger charge is 2.13. The molecule has 0 atom stereocenters. The summed E-state index contributed by atoms with van der Waals surface area (Å²) in [4.78, 5) is 15.0. The molecule has 0 radical (unpaired) electrons. The van der Waals surface area contributed by atoms with E-state index in [4.69, 9.17) is 5.73 Å². The maximum absolute atomic E-state index is 12.2. The van der Waals surface area contributed by atoms with Gasteiger partial charge in [-0.25, -0.2) is 0 Å². The number of nitrogens with two attached hydrogens (primary N) is 1. The quantitative estimate of drug-likeness (QED) is 0.851. The topological polar surface area (TPSA) is 58.4 Å². The molecule has 2 aromatic rings. The summed E-state index contributed by atoms with van der Waals surface area (Å²) in [5.41, 5.74) is 9.13. The van der Waals surface area contributed by atoms with Crippen LogP contribution in [0.1, 0.15) is 20.8 Å². The molecular formula is C15H19N3OS. The first-order chi connectivity index (χ1) is 9.49. The molecule has 0 unspecified atom stereocenters. The van der Waals surface area contributed by atoms with Gasteiger partial charge >= 0.3 is 0 Å². The Morgan fingerprint density at radius 3 is 2.70 bits per heavy atom. The number of aryl methyl sites for hydroxylation is 1. The molecule has 0 aliphatic carbocycles. The van der Waals surface area contributed by atoms with Crippen molar-refractivity contribution in [2.45, 2.75) is 13.5 Å². The lowest BCUT2D eigenvalue weighted by Gasteiger charge is -2.16. The minimum absolute atomic E-state index is 0.0320. The van der Waals surface area contributed by atoms with Gasteiger partial charge in [0, 0.05) is 36.9 Å². The van der Waals surface area contributed by atoms with Gasteiger partial charge in [-0.2, -0.15) is 0 Å². The van der Waals surface area contributed by atoms with Crippen molar-refractivity contribution in [2.75, 3.05) is 25.1 Å². The molecule has 2 rings (SSSR count). The van der Waals surface area contributed by atoms with Crippen LogP contribution in [-0.4, -0.2) is 24.9 Å². The van der Waals surface area contributed by atoms with Gasteiger partial charge in [-0.3, -0.25) is 4.79 Å². The fourth-order valence-corrected chi connectivity index (χ4v) is 2.74. The summed E-state index contributed by atoms with van der Waals surface area (Å²) in [6, 6.07) is 7.41. The average Bonchev–Trinajstić information content (AvgIpc) is 2.81. The lowest BCUT2D eigenvalue weighted by Crippen LogP contribution is -2.23. The summed E-state index contributed by atoms with van der Waals surface area (Å²) < 4.78 is 0. The fraction of sp³-hybridized carbons (Fsp3) is 0.267. The van der Waals surface area contributed by atoms with Crippen molar-refractivity contribution in [3.63, 3.8) is 0 Å². The third kappa shape index (κ3) is 3.11. The van der Waals surface area contributed by atoms with E-state index >= 15 is 0 Å². The van der Waals surface area contributed by atoms with E-state index in [9.17, 15) is 4.79 Å². The highest BCUT2D eigenvalue weighted by Crippen LogP contribution is 2.23. The molecule has 0 saturated carbocycles. The first kappa shape index (κ1) is 14.4. The van der Waals surface area contributed by atoms with E-state index in [1.54, 1.807) is 48.5 Å². The Morgan fingerprint density at radius 2 is 2.10 bits per heavy atom. The molecule has 1 aromatic carbocycles. The zero-order valence-corrected chi connectivity index (χ0v) is 12.8. The van der Waals surface area contributed by atoms with Crippen LogP contribution in [0.2, 0.25) is 0 Å². The minimum atomic E-state index is -0.0320. The van der Waals surface area contributed by atoms with Gasteiger partial charge in [0.1, 0.15) is 0 Å². The van der Waals surface area contributed by atoms with Gasteiger partial charge in [0.25, 0.3) is 5.91 Å². The third-order valence-electron chi connectivity index (χ3n) is 3.09. The predicted molar refractivity (Wildman–Crippen MR) is 85.3 cm³/mol. The van der Waals surface area contributed by atoms with Crippen molar-refractivity contribution in [3.05, 3.63) is 45.6 Å². The second-order valence-corrected chi connectivity index (χ2v) is 5.89. The Bertz CT molecular complexity index is 619. The fourth-order valence-electron chi connectivity index (χ4n) is 1.90. The van der Waals surface area contributed by atoms with Crippen LogP contribution in [0.3, 0.4) is 0 Å². The Balaban J connectivity index is 2.24. The lowest BCUT2D eigenvalue weighted by atomic mass is 10.1. The molecule has 0 spiro atoms. The molecule has 1 amide bonds. The number of amides is 1. The average molecular weight is 289 g/mol. The highest BCUT2D eigenvalue weighted by molar-refractivity contribution is 7.10. The molecule has 0 aliphatic rings. The van der Waals surface area contributed by atoms with Gasteiger partial charge in [0.05, 0.1) is 5.56 Å². The number of benzene rings is 1. The summed E-state index contributed by atoms with van der Waals surface area (Å²) in [6.45, 7) is 2.78. The maximum atomic E-state index is 12.2. The van der Waals surface area contributed by atoms with Gasteiger partial charge in [0.15, 0.2) is 0 Å². The van der Waals surface area contributed by atoms with Crippen LogP contribution in [0.5, 0.6) is 0 Å². The van der Waals surface area contributed by atoms with Crippen molar-refractivity contribution >= 4 is 28.6 Å². The molecule has 20 heavy (non-hydrogen) atoms. The molecule has 1 aromatic heterocycles. The molecule has 4 nitrogen and oxygen atoms in total. The largest absolute Gasteiger partial charge is 0.399 e. The van der Waals surface area contributed by atoms with E-state index < -0.39 is 0 Å². The normalized spacial score (nSPS) is 10.3. The minimum Gasteiger partial charge on any atom is -0.399 e.